The Morgan fingerprint density at radius 3 is 2.39 bits per heavy atom. The van der Waals surface area contributed by atoms with Gasteiger partial charge in [-0.05, 0) is 30.7 Å². The molecule has 18 heavy (non-hydrogen) atoms. The summed E-state index contributed by atoms with van der Waals surface area (Å²) >= 11 is 5.75. The highest BCUT2D eigenvalue weighted by molar-refractivity contribution is 6.30. The van der Waals surface area contributed by atoms with Crippen LogP contribution >= 0.6 is 11.6 Å². The summed E-state index contributed by atoms with van der Waals surface area (Å²) < 4.78 is 0. The van der Waals surface area contributed by atoms with Crippen molar-refractivity contribution < 1.29 is 14.7 Å². The number of hydrogen-bond donors (Lipinski definition) is 2. The third-order valence-electron chi connectivity index (χ3n) is 2.45. The van der Waals surface area contributed by atoms with Crippen LogP contribution < -0.4 is 10.6 Å². The van der Waals surface area contributed by atoms with E-state index in [1.54, 1.807) is 31.2 Å². The summed E-state index contributed by atoms with van der Waals surface area (Å²) in [6, 6.07) is 5.66. The van der Waals surface area contributed by atoms with Gasteiger partial charge in [-0.2, -0.15) is 0 Å². The van der Waals surface area contributed by atoms with Crippen LogP contribution in [0.3, 0.4) is 0 Å². The van der Waals surface area contributed by atoms with Gasteiger partial charge in [0.25, 0.3) is 0 Å². The van der Waals surface area contributed by atoms with Crippen molar-refractivity contribution in [3.63, 3.8) is 0 Å². The third kappa shape index (κ3) is 3.72. The minimum absolute atomic E-state index is 0.415. The van der Waals surface area contributed by atoms with E-state index < -0.39 is 24.5 Å². The Kier molecular flexibility index (Phi) is 5.12. The molecule has 1 aromatic rings. The molecule has 0 radical (unpaired) electrons. The van der Waals surface area contributed by atoms with Crippen molar-refractivity contribution in [2.24, 2.45) is 5.73 Å². The number of hydrogen-bond acceptors (Lipinski definition) is 3. The first-order valence-corrected chi connectivity index (χ1v) is 5.87. The van der Waals surface area contributed by atoms with E-state index in [1.165, 1.54) is 0 Å². The lowest BCUT2D eigenvalue weighted by Gasteiger charge is -2.23. The predicted molar refractivity (Wildman–Crippen MR) is 69.7 cm³/mol. The molecule has 0 saturated carbocycles. The first kappa shape index (κ1) is 14.5. The SMILES string of the molecule is CC[C@@H](N)C(=O)N(CC(=O)O)c1ccc(Cl)cc1. The summed E-state index contributed by atoms with van der Waals surface area (Å²) in [6.07, 6.45) is 0.447. The molecular formula is C12H15ClN2O3. The quantitative estimate of drug-likeness (QED) is 0.849. The average Bonchev–Trinajstić information content (AvgIpc) is 2.35. The lowest BCUT2D eigenvalue weighted by atomic mass is 10.2. The molecule has 0 aliphatic rings. The molecule has 98 valence electrons. The lowest BCUT2D eigenvalue weighted by Crippen LogP contribution is -2.45. The van der Waals surface area contributed by atoms with Crippen LogP contribution in [-0.2, 0) is 9.59 Å². The van der Waals surface area contributed by atoms with Gasteiger partial charge in [0.1, 0.15) is 6.54 Å². The molecule has 0 heterocycles. The minimum atomic E-state index is -1.10. The van der Waals surface area contributed by atoms with Crippen LogP contribution in [0, 0.1) is 0 Å². The molecule has 1 rings (SSSR count). The fraction of sp³-hybridized carbons (Fsp3) is 0.333. The van der Waals surface area contributed by atoms with Crippen molar-refractivity contribution in [3.8, 4) is 0 Å². The molecule has 0 saturated heterocycles. The van der Waals surface area contributed by atoms with Crippen LogP contribution in [0.2, 0.25) is 5.02 Å². The van der Waals surface area contributed by atoms with E-state index >= 15 is 0 Å². The van der Waals surface area contributed by atoms with E-state index in [1.807, 2.05) is 0 Å². The average molecular weight is 271 g/mol. The number of anilines is 1. The van der Waals surface area contributed by atoms with Crippen LogP contribution in [0.15, 0.2) is 24.3 Å². The van der Waals surface area contributed by atoms with E-state index in [9.17, 15) is 9.59 Å². The highest BCUT2D eigenvalue weighted by Gasteiger charge is 2.23. The van der Waals surface area contributed by atoms with E-state index in [2.05, 4.69) is 0 Å². The number of halogens is 1. The smallest absolute Gasteiger partial charge is 0.323 e. The van der Waals surface area contributed by atoms with Crippen LogP contribution in [0.1, 0.15) is 13.3 Å². The molecule has 0 aliphatic carbocycles. The number of benzene rings is 1. The fourth-order valence-electron chi connectivity index (χ4n) is 1.43. The number of carbonyl (C=O) groups is 2. The van der Waals surface area contributed by atoms with Gasteiger partial charge < -0.3 is 10.8 Å². The maximum atomic E-state index is 12.0. The highest BCUT2D eigenvalue weighted by atomic mass is 35.5. The molecule has 0 unspecified atom stereocenters. The molecule has 0 spiro atoms. The maximum absolute atomic E-state index is 12.0. The summed E-state index contributed by atoms with van der Waals surface area (Å²) in [7, 11) is 0. The molecule has 0 aliphatic heterocycles. The maximum Gasteiger partial charge on any atom is 0.323 e. The second-order valence-electron chi connectivity index (χ2n) is 3.81. The van der Waals surface area contributed by atoms with Crippen molar-refractivity contribution in [1.29, 1.82) is 0 Å². The van der Waals surface area contributed by atoms with Crippen molar-refractivity contribution in [2.45, 2.75) is 19.4 Å². The number of carboxylic acids is 1. The summed E-state index contributed by atoms with van der Waals surface area (Å²) in [5, 5.41) is 9.36. The summed E-state index contributed by atoms with van der Waals surface area (Å²) in [4.78, 5) is 23.9. The highest BCUT2D eigenvalue weighted by Crippen LogP contribution is 2.18. The minimum Gasteiger partial charge on any atom is -0.480 e. The first-order chi connectivity index (χ1) is 8.45. The molecular weight excluding hydrogens is 256 g/mol. The summed E-state index contributed by atoms with van der Waals surface area (Å²) in [5.41, 5.74) is 6.12. The summed E-state index contributed by atoms with van der Waals surface area (Å²) in [6.45, 7) is 1.34. The molecule has 1 atom stereocenters. The molecule has 6 heteroatoms. The predicted octanol–water partition coefficient (Wildman–Crippen LogP) is 1.49. The monoisotopic (exact) mass is 270 g/mol. The lowest BCUT2D eigenvalue weighted by molar-refractivity contribution is -0.136. The molecule has 0 aromatic heterocycles. The fourth-order valence-corrected chi connectivity index (χ4v) is 1.55. The molecule has 5 nitrogen and oxygen atoms in total. The number of amides is 1. The van der Waals surface area contributed by atoms with Crippen LogP contribution in [0.25, 0.3) is 0 Å². The van der Waals surface area contributed by atoms with Gasteiger partial charge in [0.15, 0.2) is 0 Å². The van der Waals surface area contributed by atoms with Gasteiger partial charge in [0, 0.05) is 10.7 Å². The number of carboxylic acid groups (broad SMARTS) is 1. The standard InChI is InChI=1S/C12H15ClN2O3/c1-2-10(14)12(18)15(7-11(16)17)9-5-3-8(13)4-6-9/h3-6,10H,2,7,14H2,1H3,(H,16,17)/t10-/m1/s1. The largest absolute Gasteiger partial charge is 0.480 e. The van der Waals surface area contributed by atoms with E-state index in [-0.39, 0.29) is 0 Å². The Labute approximate surface area is 110 Å². The van der Waals surface area contributed by atoms with Crippen molar-refractivity contribution in [1.82, 2.24) is 0 Å². The second-order valence-corrected chi connectivity index (χ2v) is 4.25. The van der Waals surface area contributed by atoms with Crippen LogP contribution in [0.5, 0.6) is 0 Å². The molecule has 1 amide bonds. The Morgan fingerprint density at radius 2 is 1.94 bits per heavy atom. The Balaban J connectivity index is 3.01. The van der Waals surface area contributed by atoms with E-state index in [0.29, 0.717) is 17.1 Å². The Morgan fingerprint density at radius 1 is 1.39 bits per heavy atom. The van der Waals surface area contributed by atoms with Crippen molar-refractivity contribution >= 4 is 29.2 Å². The zero-order valence-electron chi connectivity index (χ0n) is 9.97. The van der Waals surface area contributed by atoms with Gasteiger partial charge >= 0.3 is 5.97 Å². The number of rotatable bonds is 5. The molecule has 0 fully saturated rings. The summed E-state index contributed by atoms with van der Waals surface area (Å²) in [5.74, 6) is -1.51. The molecule has 0 bridgehead atoms. The van der Waals surface area contributed by atoms with Gasteiger partial charge in [0.2, 0.25) is 5.91 Å². The number of carbonyl (C=O) groups excluding carboxylic acids is 1. The Bertz CT molecular complexity index is 433. The van der Waals surface area contributed by atoms with Gasteiger partial charge in [-0.15, -0.1) is 0 Å². The van der Waals surface area contributed by atoms with E-state index in [4.69, 9.17) is 22.4 Å². The van der Waals surface area contributed by atoms with E-state index in [0.717, 1.165) is 4.90 Å². The van der Waals surface area contributed by atoms with Crippen LogP contribution in [-0.4, -0.2) is 29.6 Å². The number of nitrogens with zero attached hydrogens (tertiary/aromatic N) is 1. The first-order valence-electron chi connectivity index (χ1n) is 5.50. The molecule has 1 aromatic carbocycles. The topological polar surface area (TPSA) is 83.6 Å². The van der Waals surface area contributed by atoms with Crippen molar-refractivity contribution in [3.05, 3.63) is 29.3 Å². The van der Waals surface area contributed by atoms with Gasteiger partial charge in [-0.3, -0.25) is 14.5 Å². The molecule has 3 N–H and O–H groups in total. The van der Waals surface area contributed by atoms with Crippen molar-refractivity contribution in [2.75, 3.05) is 11.4 Å². The third-order valence-corrected chi connectivity index (χ3v) is 2.71. The zero-order chi connectivity index (χ0) is 13.7. The van der Waals surface area contributed by atoms with Gasteiger partial charge in [-0.25, -0.2) is 0 Å². The van der Waals surface area contributed by atoms with Gasteiger partial charge in [-0.1, -0.05) is 18.5 Å². The normalized spacial score (nSPS) is 11.9. The number of nitrogens with two attached hydrogens (primary N) is 1. The van der Waals surface area contributed by atoms with Gasteiger partial charge in [0.05, 0.1) is 6.04 Å². The number of aliphatic carboxylic acids is 1. The zero-order valence-corrected chi connectivity index (χ0v) is 10.7. The Hall–Kier alpha value is -1.59. The van der Waals surface area contributed by atoms with Crippen LogP contribution in [0.4, 0.5) is 5.69 Å². The second kappa shape index (κ2) is 6.37.